The highest BCUT2D eigenvalue weighted by Gasteiger charge is 2.27. The van der Waals surface area contributed by atoms with E-state index in [9.17, 15) is 14.4 Å². The van der Waals surface area contributed by atoms with E-state index in [1.807, 2.05) is 30.3 Å². The number of nitrogens with one attached hydrogen (secondary N) is 5. The molecule has 0 aliphatic carbocycles. The summed E-state index contributed by atoms with van der Waals surface area (Å²) >= 11 is 0. The Morgan fingerprint density at radius 1 is 0.927 bits per heavy atom. The van der Waals surface area contributed by atoms with Gasteiger partial charge in [-0.15, -0.1) is 0 Å². The van der Waals surface area contributed by atoms with E-state index >= 15 is 0 Å². The minimum atomic E-state index is -0.887. The third-order valence-electron chi connectivity index (χ3n) is 6.10. The van der Waals surface area contributed by atoms with Crippen molar-refractivity contribution in [3.05, 3.63) is 35.9 Å². The van der Waals surface area contributed by atoms with Gasteiger partial charge < -0.3 is 41.2 Å². The van der Waals surface area contributed by atoms with Crippen LogP contribution in [-0.4, -0.2) is 68.5 Å². The molecule has 12 heteroatoms. The van der Waals surface area contributed by atoms with Crippen molar-refractivity contribution in [2.75, 3.05) is 26.3 Å². The second-order valence-corrected chi connectivity index (χ2v) is 10.1. The molecule has 41 heavy (non-hydrogen) atoms. The second kappa shape index (κ2) is 21.4. The van der Waals surface area contributed by atoms with Crippen LogP contribution in [-0.2, 0) is 30.4 Å². The average Bonchev–Trinajstić information content (AvgIpc) is 2.94. The molecule has 0 bridgehead atoms. The van der Waals surface area contributed by atoms with E-state index in [0.717, 1.165) is 31.2 Å². The summed E-state index contributed by atoms with van der Waals surface area (Å²) in [5, 5.41) is 18.2. The fraction of sp³-hybridized carbons (Fsp3) is 0.655. The number of nitrogens with two attached hydrogens (primary N) is 1. The van der Waals surface area contributed by atoms with Crippen LogP contribution in [0.25, 0.3) is 0 Å². The number of benzene rings is 1. The minimum Gasteiger partial charge on any atom is -0.445 e. The smallest absolute Gasteiger partial charge is 0.408 e. The molecule has 2 atom stereocenters. The van der Waals surface area contributed by atoms with Crippen LogP contribution < -0.4 is 27.0 Å². The third-order valence-corrected chi connectivity index (χ3v) is 6.10. The van der Waals surface area contributed by atoms with Crippen molar-refractivity contribution in [3.8, 4) is 0 Å². The summed E-state index contributed by atoms with van der Waals surface area (Å²) < 4.78 is 17.2. The van der Waals surface area contributed by atoms with E-state index in [2.05, 4.69) is 35.1 Å². The number of carbonyl (C=O) groups is 3. The zero-order valence-electron chi connectivity index (χ0n) is 25.0. The Bertz CT molecular complexity index is 891. The number of carbonyl (C=O) groups excluding carboxylic acids is 3. The van der Waals surface area contributed by atoms with E-state index in [4.69, 9.17) is 25.4 Å². The monoisotopic (exact) mass is 578 g/mol. The summed E-state index contributed by atoms with van der Waals surface area (Å²) in [6, 6.07) is 7.86. The molecule has 1 aromatic rings. The molecule has 0 fully saturated rings. The summed E-state index contributed by atoms with van der Waals surface area (Å²) in [5.74, 6) is -1.28. The maximum absolute atomic E-state index is 12.9. The SMILES string of the molecule is CCCCOC(OCCCC)C(CCCNC(=N)N)NC(=O)CNC(=O)[C@H](NC(=O)OCc1ccccc1)C(C)C. The average molecular weight is 579 g/mol. The lowest BCUT2D eigenvalue weighted by molar-refractivity contribution is -0.165. The molecule has 232 valence electrons. The van der Waals surface area contributed by atoms with Crippen molar-refractivity contribution < 1.29 is 28.6 Å². The Hall–Kier alpha value is -3.38. The number of guanidine groups is 1. The van der Waals surface area contributed by atoms with Gasteiger partial charge in [-0.25, -0.2) is 4.79 Å². The molecule has 3 amide bonds. The molecule has 0 spiro atoms. The van der Waals surface area contributed by atoms with E-state index in [1.165, 1.54) is 0 Å². The number of hydrogen-bond donors (Lipinski definition) is 6. The van der Waals surface area contributed by atoms with Crippen molar-refractivity contribution in [2.24, 2.45) is 11.7 Å². The van der Waals surface area contributed by atoms with Crippen molar-refractivity contribution in [1.82, 2.24) is 21.3 Å². The van der Waals surface area contributed by atoms with Crippen molar-refractivity contribution in [3.63, 3.8) is 0 Å². The van der Waals surface area contributed by atoms with Gasteiger partial charge >= 0.3 is 6.09 Å². The number of unbranched alkanes of at least 4 members (excludes halogenated alkanes) is 2. The van der Waals surface area contributed by atoms with E-state index in [-0.39, 0.29) is 25.0 Å². The number of rotatable bonds is 21. The standard InChI is InChI=1S/C29H50N6O6/c1-5-7-17-39-27(40-18-8-6-2)23(15-12-16-32-28(30)31)34-24(36)19-33-26(37)25(21(3)4)35-29(38)41-20-22-13-10-9-11-14-22/h9-11,13-14,21,23,25,27H,5-8,12,15-20H2,1-4H3,(H,33,37)(H,34,36)(H,35,38)(H4,30,31,32)/t23?,25-/m1/s1. The first-order valence-electron chi connectivity index (χ1n) is 14.5. The van der Waals surface area contributed by atoms with Gasteiger partial charge in [0.25, 0.3) is 0 Å². The number of alkyl carbamates (subject to hydrolysis) is 1. The van der Waals surface area contributed by atoms with Gasteiger partial charge in [-0.05, 0) is 37.2 Å². The van der Waals surface area contributed by atoms with Crippen LogP contribution in [0.1, 0.15) is 71.8 Å². The van der Waals surface area contributed by atoms with Crippen LogP contribution in [0.4, 0.5) is 4.79 Å². The summed E-state index contributed by atoms with van der Waals surface area (Å²) in [5.41, 5.74) is 6.20. The molecule has 1 unspecified atom stereocenters. The zero-order valence-corrected chi connectivity index (χ0v) is 25.0. The third kappa shape index (κ3) is 16.5. The van der Waals surface area contributed by atoms with Crippen molar-refractivity contribution in [2.45, 2.75) is 91.2 Å². The van der Waals surface area contributed by atoms with Gasteiger partial charge in [0.2, 0.25) is 11.8 Å². The molecule has 0 saturated heterocycles. The minimum absolute atomic E-state index is 0.0761. The zero-order chi connectivity index (χ0) is 30.5. The van der Waals surface area contributed by atoms with Gasteiger partial charge in [0, 0.05) is 19.8 Å². The van der Waals surface area contributed by atoms with E-state index in [1.54, 1.807) is 13.8 Å². The van der Waals surface area contributed by atoms with Gasteiger partial charge in [0.15, 0.2) is 12.2 Å². The number of hydrogen-bond acceptors (Lipinski definition) is 7. The highest BCUT2D eigenvalue weighted by Crippen LogP contribution is 2.11. The molecule has 0 aromatic heterocycles. The summed E-state index contributed by atoms with van der Waals surface area (Å²) in [7, 11) is 0. The molecule has 0 saturated carbocycles. The van der Waals surface area contributed by atoms with Gasteiger partial charge in [-0.2, -0.15) is 0 Å². The topological polar surface area (TPSA) is 177 Å². The molecule has 7 N–H and O–H groups in total. The Kier molecular flexibility index (Phi) is 18.6. The fourth-order valence-corrected chi connectivity index (χ4v) is 3.75. The molecule has 0 aliphatic heterocycles. The fourth-order valence-electron chi connectivity index (χ4n) is 3.75. The Labute approximate surface area is 244 Å². The summed E-state index contributed by atoms with van der Waals surface area (Å²) in [6.45, 7) is 8.93. The molecule has 12 nitrogen and oxygen atoms in total. The highest BCUT2D eigenvalue weighted by molar-refractivity contribution is 5.89. The van der Waals surface area contributed by atoms with Crippen molar-refractivity contribution in [1.29, 1.82) is 5.41 Å². The maximum atomic E-state index is 12.9. The van der Waals surface area contributed by atoms with Gasteiger partial charge in [-0.3, -0.25) is 15.0 Å². The molecular formula is C29H50N6O6. The second-order valence-electron chi connectivity index (χ2n) is 10.1. The van der Waals surface area contributed by atoms with Crippen LogP contribution in [0, 0.1) is 11.3 Å². The van der Waals surface area contributed by atoms with Crippen LogP contribution in [0.5, 0.6) is 0 Å². The van der Waals surface area contributed by atoms with Crippen LogP contribution in [0.2, 0.25) is 0 Å². The first-order chi connectivity index (χ1) is 19.7. The number of amides is 3. The Balaban J connectivity index is 2.74. The van der Waals surface area contributed by atoms with E-state index < -0.39 is 36.3 Å². The van der Waals surface area contributed by atoms with Crippen molar-refractivity contribution >= 4 is 23.9 Å². The molecule has 0 aliphatic rings. The lowest BCUT2D eigenvalue weighted by Crippen LogP contribution is -2.53. The maximum Gasteiger partial charge on any atom is 0.408 e. The number of ether oxygens (including phenoxy) is 3. The Morgan fingerprint density at radius 3 is 2.12 bits per heavy atom. The molecule has 1 aromatic carbocycles. The molecule has 0 radical (unpaired) electrons. The molecule has 0 heterocycles. The summed E-state index contributed by atoms with van der Waals surface area (Å²) in [4.78, 5) is 38.1. The lowest BCUT2D eigenvalue weighted by atomic mass is 10.0. The molecule has 1 rings (SSSR count). The lowest BCUT2D eigenvalue weighted by Gasteiger charge is -2.29. The highest BCUT2D eigenvalue weighted by atomic mass is 16.7. The first kappa shape index (κ1) is 35.6. The Morgan fingerprint density at radius 2 is 1.56 bits per heavy atom. The predicted molar refractivity (Wildman–Crippen MR) is 158 cm³/mol. The first-order valence-corrected chi connectivity index (χ1v) is 14.5. The quantitative estimate of drug-likeness (QED) is 0.0558. The van der Waals surface area contributed by atoms with Gasteiger partial charge in [0.1, 0.15) is 12.6 Å². The van der Waals surface area contributed by atoms with Gasteiger partial charge in [0.05, 0.1) is 12.6 Å². The largest absolute Gasteiger partial charge is 0.445 e. The van der Waals surface area contributed by atoms with Gasteiger partial charge in [-0.1, -0.05) is 70.9 Å². The van der Waals surface area contributed by atoms with E-state index in [0.29, 0.717) is 32.6 Å². The predicted octanol–water partition coefficient (Wildman–Crippen LogP) is 2.76. The molecular weight excluding hydrogens is 528 g/mol. The summed E-state index contributed by atoms with van der Waals surface area (Å²) in [6.07, 6.45) is 3.35. The van der Waals surface area contributed by atoms with Crippen LogP contribution in [0.3, 0.4) is 0 Å². The normalized spacial score (nSPS) is 12.4. The van der Waals surface area contributed by atoms with Crippen LogP contribution in [0.15, 0.2) is 30.3 Å². The van der Waals surface area contributed by atoms with Crippen LogP contribution >= 0.6 is 0 Å².